The van der Waals surface area contributed by atoms with Gasteiger partial charge in [-0.1, -0.05) is 13.3 Å². The zero-order valence-electron chi connectivity index (χ0n) is 5.85. The van der Waals surface area contributed by atoms with Crippen LogP contribution in [0.15, 0.2) is 0 Å². The molecule has 1 aliphatic rings. The Morgan fingerprint density at radius 2 is 2.25 bits per heavy atom. The van der Waals surface area contributed by atoms with Crippen molar-refractivity contribution in [1.29, 1.82) is 0 Å². The zero-order valence-corrected chi connectivity index (χ0v) is 6.75. The minimum atomic E-state index is 0.469. The van der Waals surface area contributed by atoms with Crippen molar-refractivity contribution in [2.45, 2.75) is 19.8 Å². The lowest BCUT2D eigenvalue weighted by atomic mass is 10.1. The van der Waals surface area contributed by atoms with Crippen molar-refractivity contribution in [3.8, 4) is 0 Å². The highest BCUT2D eigenvalue weighted by atomic mass is 31.1. The van der Waals surface area contributed by atoms with Crippen molar-refractivity contribution in [3.63, 3.8) is 0 Å². The molecule has 1 rings (SSSR count). The van der Waals surface area contributed by atoms with Crippen LogP contribution < -0.4 is 0 Å². The fraction of sp³-hybridized carbons (Fsp3) is 1.00. The predicted molar refractivity (Wildman–Crippen MR) is 41.0 cm³/mol. The highest BCUT2D eigenvalue weighted by molar-refractivity contribution is 7.56. The van der Waals surface area contributed by atoms with Crippen molar-refractivity contribution < 1.29 is 0 Å². The van der Waals surface area contributed by atoms with Gasteiger partial charge in [0.05, 0.1) is 0 Å². The third-order valence-corrected chi connectivity index (χ3v) is 4.19. The quantitative estimate of drug-likeness (QED) is 0.442. The molecule has 0 spiro atoms. The molecule has 8 heavy (non-hydrogen) atoms. The van der Waals surface area contributed by atoms with Crippen LogP contribution in [0.5, 0.6) is 0 Å². The lowest BCUT2D eigenvalue weighted by Gasteiger charge is -2.23. The van der Waals surface area contributed by atoms with E-state index >= 15 is 0 Å². The Hall–Kier alpha value is 0.430. The molecule has 1 heteroatoms. The highest BCUT2D eigenvalue weighted by Crippen LogP contribution is 2.39. The van der Waals surface area contributed by atoms with Crippen molar-refractivity contribution in [2.75, 3.05) is 19.0 Å². The summed E-state index contributed by atoms with van der Waals surface area (Å²) in [6.45, 7) is 4.82. The molecule has 0 aromatic heterocycles. The highest BCUT2D eigenvalue weighted by Gasteiger charge is 2.13. The standard InChI is InChI=1S/C7H15P/c1-7-4-3-5-8(2)6-7/h7H,3-6H2,1-2H3. The van der Waals surface area contributed by atoms with Crippen LogP contribution in [-0.4, -0.2) is 19.0 Å². The van der Waals surface area contributed by atoms with Crippen LogP contribution in [-0.2, 0) is 0 Å². The van der Waals surface area contributed by atoms with Gasteiger partial charge in [0.25, 0.3) is 0 Å². The van der Waals surface area contributed by atoms with Crippen LogP contribution in [0.25, 0.3) is 0 Å². The fourth-order valence-electron chi connectivity index (χ4n) is 1.42. The molecule has 1 heterocycles. The lowest BCUT2D eigenvalue weighted by Crippen LogP contribution is -2.08. The molecule has 0 N–H and O–H groups in total. The zero-order chi connectivity index (χ0) is 5.98. The Labute approximate surface area is 53.4 Å². The summed E-state index contributed by atoms with van der Waals surface area (Å²) in [5, 5.41) is 0. The molecular formula is C7H15P. The lowest BCUT2D eigenvalue weighted by molar-refractivity contribution is 0.566. The summed E-state index contributed by atoms with van der Waals surface area (Å²) in [4.78, 5) is 0. The minimum absolute atomic E-state index is 0.469. The summed E-state index contributed by atoms with van der Waals surface area (Å²) in [6, 6.07) is 0. The van der Waals surface area contributed by atoms with Gasteiger partial charge in [0, 0.05) is 0 Å². The van der Waals surface area contributed by atoms with Crippen LogP contribution >= 0.6 is 7.92 Å². The molecule has 0 aromatic rings. The maximum absolute atomic E-state index is 2.44. The molecule has 2 unspecified atom stereocenters. The van der Waals surface area contributed by atoms with Gasteiger partial charge < -0.3 is 0 Å². The van der Waals surface area contributed by atoms with Crippen molar-refractivity contribution >= 4 is 7.92 Å². The molecule has 0 saturated carbocycles. The van der Waals surface area contributed by atoms with E-state index in [2.05, 4.69) is 13.6 Å². The molecule has 0 amide bonds. The molecule has 0 nitrogen and oxygen atoms in total. The average molecular weight is 130 g/mol. The molecule has 1 fully saturated rings. The Balaban J connectivity index is 2.23. The first-order chi connectivity index (χ1) is 3.79. The van der Waals surface area contributed by atoms with E-state index in [1.807, 2.05) is 0 Å². The summed E-state index contributed by atoms with van der Waals surface area (Å²) >= 11 is 0. The topological polar surface area (TPSA) is 0 Å². The van der Waals surface area contributed by atoms with Crippen LogP contribution in [0.1, 0.15) is 19.8 Å². The minimum Gasteiger partial charge on any atom is -0.110 e. The predicted octanol–water partition coefficient (Wildman–Crippen LogP) is 2.53. The first-order valence-corrected chi connectivity index (χ1v) is 5.63. The molecule has 1 saturated heterocycles. The smallest absolute Gasteiger partial charge is 0.0302 e. The van der Waals surface area contributed by atoms with Crippen LogP contribution in [0.3, 0.4) is 0 Å². The van der Waals surface area contributed by atoms with E-state index < -0.39 is 0 Å². The molecule has 2 atom stereocenters. The Bertz CT molecular complexity index is 62.8. The van der Waals surface area contributed by atoms with Crippen molar-refractivity contribution in [3.05, 3.63) is 0 Å². The van der Waals surface area contributed by atoms with Gasteiger partial charge in [-0.2, -0.15) is 0 Å². The first-order valence-electron chi connectivity index (χ1n) is 3.47. The van der Waals surface area contributed by atoms with Gasteiger partial charge in [-0.3, -0.25) is 0 Å². The molecule has 0 bridgehead atoms. The number of rotatable bonds is 0. The summed E-state index contributed by atoms with van der Waals surface area (Å²) in [5.41, 5.74) is 0. The van der Waals surface area contributed by atoms with E-state index in [1.54, 1.807) is 6.16 Å². The normalized spacial score (nSPS) is 39.8. The van der Waals surface area contributed by atoms with E-state index in [1.165, 1.54) is 19.0 Å². The van der Waals surface area contributed by atoms with Crippen molar-refractivity contribution in [2.24, 2.45) is 5.92 Å². The molecule has 48 valence electrons. The summed E-state index contributed by atoms with van der Waals surface area (Å²) in [5.74, 6) is 1.04. The fourth-order valence-corrected chi connectivity index (χ4v) is 3.58. The molecule has 0 aromatic carbocycles. The first kappa shape index (κ1) is 6.55. The van der Waals surface area contributed by atoms with Crippen LogP contribution in [0.4, 0.5) is 0 Å². The van der Waals surface area contributed by atoms with Gasteiger partial charge in [0.1, 0.15) is 0 Å². The van der Waals surface area contributed by atoms with Crippen molar-refractivity contribution in [1.82, 2.24) is 0 Å². The second-order valence-corrected chi connectivity index (χ2v) is 5.53. The molecule has 0 aliphatic carbocycles. The molecule has 1 aliphatic heterocycles. The SMILES string of the molecule is CC1CCCP(C)C1. The van der Waals surface area contributed by atoms with E-state index in [0.717, 1.165) is 5.92 Å². The maximum Gasteiger partial charge on any atom is -0.0302 e. The number of hydrogen-bond donors (Lipinski definition) is 0. The van der Waals surface area contributed by atoms with Gasteiger partial charge in [0.2, 0.25) is 0 Å². The maximum atomic E-state index is 2.44. The second-order valence-electron chi connectivity index (χ2n) is 3.01. The van der Waals surface area contributed by atoms with E-state index in [4.69, 9.17) is 0 Å². The molecular weight excluding hydrogens is 115 g/mol. The van der Waals surface area contributed by atoms with E-state index in [9.17, 15) is 0 Å². The Kier molecular flexibility index (Phi) is 2.31. The van der Waals surface area contributed by atoms with Gasteiger partial charge in [-0.05, 0) is 31.3 Å². The number of hydrogen-bond acceptors (Lipinski definition) is 0. The van der Waals surface area contributed by atoms with Gasteiger partial charge in [-0.25, -0.2) is 0 Å². The monoisotopic (exact) mass is 130 g/mol. The largest absolute Gasteiger partial charge is 0.110 e. The van der Waals surface area contributed by atoms with Crippen LogP contribution in [0, 0.1) is 5.92 Å². The van der Waals surface area contributed by atoms with Crippen LogP contribution in [0.2, 0.25) is 0 Å². The third-order valence-electron chi connectivity index (χ3n) is 1.86. The summed E-state index contributed by atoms with van der Waals surface area (Å²) in [7, 11) is 0.469. The van der Waals surface area contributed by atoms with E-state index in [-0.39, 0.29) is 0 Å². The molecule has 0 radical (unpaired) electrons. The van der Waals surface area contributed by atoms with E-state index in [0.29, 0.717) is 7.92 Å². The summed E-state index contributed by atoms with van der Waals surface area (Å²) < 4.78 is 0. The second kappa shape index (κ2) is 2.82. The average Bonchev–Trinajstić information content (AvgIpc) is 1.64. The third kappa shape index (κ3) is 1.74. The van der Waals surface area contributed by atoms with Gasteiger partial charge >= 0.3 is 0 Å². The summed E-state index contributed by atoms with van der Waals surface area (Å²) in [6.07, 6.45) is 6.07. The Morgan fingerprint density at radius 3 is 2.62 bits per heavy atom. The Morgan fingerprint density at radius 1 is 1.50 bits per heavy atom. The van der Waals surface area contributed by atoms with Gasteiger partial charge in [-0.15, -0.1) is 7.92 Å². The van der Waals surface area contributed by atoms with Gasteiger partial charge in [0.15, 0.2) is 0 Å².